The van der Waals surface area contributed by atoms with E-state index < -0.39 is 0 Å². The van der Waals surface area contributed by atoms with Crippen molar-refractivity contribution in [1.82, 2.24) is 4.90 Å². The quantitative estimate of drug-likeness (QED) is 0.810. The molecule has 1 saturated heterocycles. The van der Waals surface area contributed by atoms with Gasteiger partial charge in [-0.1, -0.05) is 29.3 Å². The minimum atomic E-state index is 0.732. The average Bonchev–Trinajstić information content (AvgIpc) is 2.31. The predicted octanol–water partition coefficient (Wildman–Crippen LogP) is 3.13. The summed E-state index contributed by atoms with van der Waals surface area (Å²) in [4.78, 5) is 2.35. The van der Waals surface area contributed by atoms with Gasteiger partial charge < -0.3 is 4.74 Å². The van der Waals surface area contributed by atoms with Crippen LogP contribution < -0.4 is 0 Å². The third-order valence-electron chi connectivity index (χ3n) is 2.90. The molecule has 1 aromatic rings. The lowest BCUT2D eigenvalue weighted by atomic mass is 10.1. The van der Waals surface area contributed by atoms with Crippen LogP contribution in [0, 0.1) is 6.92 Å². The molecule has 0 spiro atoms. The molecular weight excluding hydrogens is 245 g/mol. The second-order valence-electron chi connectivity index (χ2n) is 4.03. The van der Waals surface area contributed by atoms with Crippen LogP contribution in [0.5, 0.6) is 0 Å². The Morgan fingerprint density at radius 1 is 1.25 bits per heavy atom. The Bertz CT molecular complexity index is 376. The van der Waals surface area contributed by atoms with Gasteiger partial charge in [-0.15, -0.1) is 0 Å². The van der Waals surface area contributed by atoms with Crippen LogP contribution in [0.4, 0.5) is 0 Å². The smallest absolute Gasteiger partial charge is 0.0594 e. The fourth-order valence-electron chi connectivity index (χ4n) is 1.84. The van der Waals surface area contributed by atoms with E-state index in [0.29, 0.717) is 0 Å². The van der Waals surface area contributed by atoms with Gasteiger partial charge in [0.25, 0.3) is 0 Å². The molecular formula is C12H15Cl2NO. The Labute approximate surface area is 106 Å². The van der Waals surface area contributed by atoms with E-state index in [9.17, 15) is 0 Å². The molecule has 1 heterocycles. The Morgan fingerprint density at radius 3 is 2.62 bits per heavy atom. The van der Waals surface area contributed by atoms with Gasteiger partial charge in [0.15, 0.2) is 0 Å². The number of ether oxygens (including phenoxy) is 1. The molecule has 0 bridgehead atoms. The molecule has 1 fully saturated rings. The minimum absolute atomic E-state index is 0.732. The Morgan fingerprint density at radius 2 is 1.94 bits per heavy atom. The van der Waals surface area contributed by atoms with E-state index in [-0.39, 0.29) is 0 Å². The molecule has 0 saturated carbocycles. The Balaban J connectivity index is 2.11. The Kier molecular flexibility index (Phi) is 4.09. The highest BCUT2D eigenvalue weighted by Crippen LogP contribution is 2.28. The molecule has 1 aliphatic heterocycles. The molecule has 1 aliphatic rings. The van der Waals surface area contributed by atoms with Gasteiger partial charge in [0.1, 0.15) is 0 Å². The van der Waals surface area contributed by atoms with E-state index in [2.05, 4.69) is 4.90 Å². The van der Waals surface area contributed by atoms with Crippen LogP contribution in [-0.4, -0.2) is 31.2 Å². The van der Waals surface area contributed by atoms with E-state index in [1.54, 1.807) is 0 Å². The van der Waals surface area contributed by atoms with Crippen molar-refractivity contribution in [3.8, 4) is 0 Å². The lowest BCUT2D eigenvalue weighted by molar-refractivity contribution is 0.0342. The molecule has 16 heavy (non-hydrogen) atoms. The van der Waals surface area contributed by atoms with E-state index in [4.69, 9.17) is 27.9 Å². The number of benzene rings is 1. The fraction of sp³-hybridized carbons (Fsp3) is 0.500. The van der Waals surface area contributed by atoms with Crippen LogP contribution in [-0.2, 0) is 11.3 Å². The first-order valence-electron chi connectivity index (χ1n) is 5.42. The van der Waals surface area contributed by atoms with E-state index >= 15 is 0 Å². The molecule has 0 unspecified atom stereocenters. The molecule has 0 atom stereocenters. The van der Waals surface area contributed by atoms with Crippen LogP contribution in [0.3, 0.4) is 0 Å². The van der Waals surface area contributed by atoms with Gasteiger partial charge in [0.05, 0.1) is 13.2 Å². The van der Waals surface area contributed by atoms with Crippen LogP contribution in [0.2, 0.25) is 10.0 Å². The number of rotatable bonds is 2. The zero-order chi connectivity index (χ0) is 11.5. The summed E-state index contributed by atoms with van der Waals surface area (Å²) in [5.74, 6) is 0. The second-order valence-corrected chi connectivity index (χ2v) is 4.82. The van der Waals surface area contributed by atoms with Crippen molar-refractivity contribution in [3.05, 3.63) is 33.3 Å². The molecule has 0 aromatic heterocycles. The summed E-state index contributed by atoms with van der Waals surface area (Å²) < 4.78 is 5.31. The first kappa shape index (κ1) is 12.2. The zero-order valence-electron chi connectivity index (χ0n) is 9.30. The molecule has 0 aliphatic carbocycles. The predicted molar refractivity (Wildman–Crippen MR) is 67.3 cm³/mol. The molecule has 1 aromatic carbocycles. The van der Waals surface area contributed by atoms with Gasteiger partial charge in [0.2, 0.25) is 0 Å². The van der Waals surface area contributed by atoms with E-state index in [1.807, 2.05) is 19.1 Å². The van der Waals surface area contributed by atoms with Crippen molar-refractivity contribution in [2.24, 2.45) is 0 Å². The summed E-state index contributed by atoms with van der Waals surface area (Å²) >= 11 is 12.3. The maximum Gasteiger partial charge on any atom is 0.0594 e. The Hall–Kier alpha value is -0.280. The van der Waals surface area contributed by atoms with Gasteiger partial charge in [-0.05, 0) is 24.1 Å². The number of nitrogens with zero attached hydrogens (tertiary/aromatic N) is 1. The molecule has 0 radical (unpaired) electrons. The number of morpholine rings is 1. The van der Waals surface area contributed by atoms with Gasteiger partial charge in [-0.25, -0.2) is 0 Å². The maximum atomic E-state index is 6.28. The normalized spacial score (nSPS) is 17.7. The minimum Gasteiger partial charge on any atom is -0.379 e. The van der Waals surface area contributed by atoms with E-state index in [1.165, 1.54) is 0 Å². The first-order chi connectivity index (χ1) is 7.68. The molecule has 88 valence electrons. The van der Waals surface area contributed by atoms with E-state index in [0.717, 1.165) is 54.0 Å². The average molecular weight is 260 g/mol. The highest BCUT2D eigenvalue weighted by Gasteiger charge is 2.13. The molecule has 0 amide bonds. The third-order valence-corrected chi connectivity index (χ3v) is 3.83. The summed E-state index contributed by atoms with van der Waals surface area (Å²) in [5.41, 5.74) is 2.11. The second kappa shape index (κ2) is 5.37. The van der Waals surface area contributed by atoms with Gasteiger partial charge in [-0.3, -0.25) is 4.90 Å². The van der Waals surface area contributed by atoms with Gasteiger partial charge >= 0.3 is 0 Å². The SMILES string of the molecule is Cc1c(Cl)ccc(CN2CCOCC2)c1Cl. The summed E-state index contributed by atoms with van der Waals surface area (Å²) in [6.45, 7) is 6.39. The topological polar surface area (TPSA) is 12.5 Å². The van der Waals surface area contributed by atoms with Crippen LogP contribution in [0.15, 0.2) is 12.1 Å². The third kappa shape index (κ3) is 2.69. The van der Waals surface area contributed by atoms with Crippen molar-refractivity contribution in [1.29, 1.82) is 0 Å². The van der Waals surface area contributed by atoms with Crippen LogP contribution >= 0.6 is 23.2 Å². The van der Waals surface area contributed by atoms with Gasteiger partial charge in [-0.2, -0.15) is 0 Å². The standard InChI is InChI=1S/C12H15Cl2NO/c1-9-11(13)3-2-10(12(9)14)8-15-4-6-16-7-5-15/h2-3H,4-8H2,1H3. The zero-order valence-corrected chi connectivity index (χ0v) is 10.8. The lowest BCUT2D eigenvalue weighted by Gasteiger charge is -2.27. The molecule has 0 N–H and O–H groups in total. The highest BCUT2D eigenvalue weighted by molar-refractivity contribution is 6.36. The van der Waals surface area contributed by atoms with Crippen LogP contribution in [0.1, 0.15) is 11.1 Å². The highest BCUT2D eigenvalue weighted by atomic mass is 35.5. The molecule has 4 heteroatoms. The van der Waals surface area contributed by atoms with Crippen molar-refractivity contribution < 1.29 is 4.74 Å². The summed E-state index contributed by atoms with van der Waals surface area (Å²) in [6.07, 6.45) is 0. The molecule has 2 rings (SSSR count). The fourth-order valence-corrected chi connectivity index (χ4v) is 2.27. The van der Waals surface area contributed by atoms with Gasteiger partial charge in [0, 0.05) is 29.7 Å². The van der Waals surface area contributed by atoms with Crippen LogP contribution in [0.25, 0.3) is 0 Å². The van der Waals surface area contributed by atoms with Crippen molar-refractivity contribution in [2.45, 2.75) is 13.5 Å². The number of hydrogen-bond donors (Lipinski definition) is 0. The molecule has 2 nitrogen and oxygen atoms in total. The van der Waals surface area contributed by atoms with Crippen molar-refractivity contribution in [3.63, 3.8) is 0 Å². The number of hydrogen-bond acceptors (Lipinski definition) is 2. The number of halogens is 2. The summed E-state index contributed by atoms with van der Waals surface area (Å²) in [6, 6.07) is 3.92. The summed E-state index contributed by atoms with van der Waals surface area (Å²) in [5, 5.41) is 1.52. The largest absolute Gasteiger partial charge is 0.379 e. The van der Waals surface area contributed by atoms with Crippen molar-refractivity contribution >= 4 is 23.2 Å². The first-order valence-corrected chi connectivity index (χ1v) is 6.17. The summed E-state index contributed by atoms with van der Waals surface area (Å²) in [7, 11) is 0. The monoisotopic (exact) mass is 259 g/mol. The van der Waals surface area contributed by atoms with Crippen molar-refractivity contribution in [2.75, 3.05) is 26.3 Å². The maximum absolute atomic E-state index is 6.28. The lowest BCUT2D eigenvalue weighted by Crippen LogP contribution is -2.35.